The molecule has 8 nitrogen and oxygen atoms in total. The molecule has 0 aromatic heterocycles. The van der Waals surface area contributed by atoms with E-state index in [9.17, 15) is 19.2 Å². The van der Waals surface area contributed by atoms with E-state index in [0.717, 1.165) is 12.7 Å². The van der Waals surface area contributed by atoms with E-state index < -0.39 is 18.0 Å². The quantitative estimate of drug-likeness (QED) is 0.664. The van der Waals surface area contributed by atoms with Crippen molar-refractivity contribution in [3.63, 3.8) is 0 Å². The Morgan fingerprint density at radius 1 is 1.12 bits per heavy atom. The first-order valence-electron chi connectivity index (χ1n) is 7.35. The van der Waals surface area contributed by atoms with Crippen LogP contribution in [-0.2, 0) is 19.2 Å². The van der Waals surface area contributed by atoms with E-state index in [4.69, 9.17) is 0 Å². The Balaban J connectivity index is 0.000000240. The largest absolute Gasteiger partial charge is 0.533 e. The standard InChI is InChI=1S/C10H13NO.C6H7NO5/c1-3-11-10(12)9-6-4-8(2)5-7-9;1-11-6(10)12-7-4(8)2-3-5(7)9/h4-7H,3H2,1-2H3,(H,11,12);2-3H2,1H3. The van der Waals surface area contributed by atoms with Gasteiger partial charge in [0.2, 0.25) is 0 Å². The summed E-state index contributed by atoms with van der Waals surface area (Å²) in [4.78, 5) is 47.6. The highest BCUT2D eigenvalue weighted by molar-refractivity contribution is 6.01. The van der Waals surface area contributed by atoms with Gasteiger partial charge in [-0.3, -0.25) is 19.2 Å². The third-order valence-corrected chi connectivity index (χ3v) is 2.99. The number of nitrogens with one attached hydrogen (secondary N) is 1. The molecule has 1 N–H and O–H groups in total. The maximum absolute atomic E-state index is 11.2. The van der Waals surface area contributed by atoms with Gasteiger partial charge in [0.15, 0.2) is 0 Å². The fourth-order valence-corrected chi connectivity index (χ4v) is 1.74. The zero-order chi connectivity index (χ0) is 18.1. The molecule has 1 aromatic rings. The molecule has 0 aliphatic carbocycles. The molecule has 0 saturated carbocycles. The van der Waals surface area contributed by atoms with E-state index in [1.807, 2.05) is 38.1 Å². The summed E-state index contributed by atoms with van der Waals surface area (Å²) in [6.07, 6.45) is -0.912. The fraction of sp³-hybridized carbons (Fsp3) is 0.375. The molecule has 0 spiro atoms. The Labute approximate surface area is 139 Å². The molecule has 1 aliphatic heterocycles. The predicted octanol–water partition coefficient (Wildman–Crippen LogP) is 1.58. The van der Waals surface area contributed by atoms with E-state index in [1.165, 1.54) is 5.56 Å². The van der Waals surface area contributed by atoms with E-state index in [2.05, 4.69) is 14.9 Å². The van der Waals surface area contributed by atoms with E-state index in [1.54, 1.807) is 0 Å². The van der Waals surface area contributed by atoms with Gasteiger partial charge in [0.25, 0.3) is 17.7 Å². The summed E-state index contributed by atoms with van der Waals surface area (Å²) in [5.74, 6) is -1.05. The van der Waals surface area contributed by atoms with Crippen LogP contribution in [0.5, 0.6) is 0 Å². The minimum atomic E-state index is -1.07. The molecule has 1 saturated heterocycles. The van der Waals surface area contributed by atoms with Crippen LogP contribution in [0.15, 0.2) is 24.3 Å². The average Bonchev–Trinajstić information content (AvgIpc) is 2.88. The first-order chi connectivity index (χ1) is 11.4. The highest BCUT2D eigenvalue weighted by Gasteiger charge is 2.33. The average molecular weight is 336 g/mol. The molecular formula is C16H20N2O6. The van der Waals surface area contributed by atoms with Gasteiger partial charge < -0.3 is 10.1 Å². The minimum Gasteiger partial charge on any atom is -0.436 e. The number of amides is 3. The van der Waals surface area contributed by atoms with Crippen LogP contribution in [-0.4, -0.2) is 42.6 Å². The van der Waals surface area contributed by atoms with Crippen molar-refractivity contribution in [1.82, 2.24) is 10.4 Å². The van der Waals surface area contributed by atoms with Gasteiger partial charge in [-0.1, -0.05) is 22.8 Å². The molecule has 0 atom stereocenters. The Morgan fingerprint density at radius 3 is 2.12 bits per heavy atom. The number of imide groups is 1. The van der Waals surface area contributed by atoms with E-state index in [0.29, 0.717) is 11.6 Å². The predicted molar refractivity (Wildman–Crippen MR) is 83.8 cm³/mol. The molecule has 0 radical (unpaired) electrons. The molecule has 1 heterocycles. The second kappa shape index (κ2) is 9.29. The zero-order valence-corrected chi connectivity index (χ0v) is 13.8. The number of carbonyl (C=O) groups excluding carboxylic acids is 4. The lowest BCUT2D eigenvalue weighted by atomic mass is 10.1. The monoisotopic (exact) mass is 336 g/mol. The number of ether oxygens (including phenoxy) is 1. The van der Waals surface area contributed by atoms with Crippen LogP contribution in [0.2, 0.25) is 0 Å². The molecule has 8 heteroatoms. The molecule has 1 aliphatic rings. The summed E-state index contributed by atoms with van der Waals surface area (Å²) in [5.41, 5.74) is 1.89. The van der Waals surface area contributed by atoms with Crippen molar-refractivity contribution >= 4 is 23.9 Å². The Morgan fingerprint density at radius 2 is 1.67 bits per heavy atom. The van der Waals surface area contributed by atoms with Gasteiger partial charge in [-0.25, -0.2) is 4.79 Å². The number of hydroxylamine groups is 2. The number of benzene rings is 1. The SMILES string of the molecule is CCNC(=O)c1ccc(C)cc1.COC(=O)ON1C(=O)CCC1=O. The van der Waals surface area contributed by atoms with Crippen molar-refractivity contribution in [2.75, 3.05) is 13.7 Å². The van der Waals surface area contributed by atoms with Crippen LogP contribution < -0.4 is 5.32 Å². The van der Waals surface area contributed by atoms with Crippen LogP contribution in [0.3, 0.4) is 0 Å². The van der Waals surface area contributed by atoms with Crippen molar-refractivity contribution < 1.29 is 28.8 Å². The second-order valence-corrected chi connectivity index (χ2v) is 4.85. The number of nitrogens with zero attached hydrogens (tertiary/aromatic N) is 1. The first-order valence-corrected chi connectivity index (χ1v) is 7.35. The first kappa shape index (κ1) is 19.1. The zero-order valence-electron chi connectivity index (χ0n) is 13.8. The molecule has 24 heavy (non-hydrogen) atoms. The normalized spacial score (nSPS) is 13.0. The highest BCUT2D eigenvalue weighted by atomic mass is 16.8. The van der Waals surface area contributed by atoms with E-state index in [-0.39, 0.29) is 18.7 Å². The molecular weight excluding hydrogens is 316 g/mol. The smallest absolute Gasteiger partial charge is 0.436 e. The number of hydrogen-bond acceptors (Lipinski definition) is 6. The summed E-state index contributed by atoms with van der Waals surface area (Å²) in [7, 11) is 1.09. The molecule has 3 amide bonds. The maximum Gasteiger partial charge on any atom is 0.533 e. The van der Waals surface area contributed by atoms with E-state index >= 15 is 0 Å². The number of methoxy groups -OCH3 is 1. The van der Waals surface area contributed by atoms with Crippen LogP contribution in [0.4, 0.5) is 4.79 Å². The third-order valence-electron chi connectivity index (χ3n) is 2.99. The number of rotatable bonds is 3. The van der Waals surface area contributed by atoms with Crippen LogP contribution in [0.1, 0.15) is 35.7 Å². The van der Waals surface area contributed by atoms with Crippen molar-refractivity contribution in [3.05, 3.63) is 35.4 Å². The summed E-state index contributed by atoms with van der Waals surface area (Å²) < 4.78 is 4.10. The summed E-state index contributed by atoms with van der Waals surface area (Å²) in [6.45, 7) is 4.58. The van der Waals surface area contributed by atoms with Crippen LogP contribution in [0, 0.1) is 6.92 Å². The van der Waals surface area contributed by atoms with Crippen LogP contribution in [0.25, 0.3) is 0 Å². The van der Waals surface area contributed by atoms with Crippen LogP contribution >= 0.6 is 0 Å². The van der Waals surface area contributed by atoms with Crippen molar-refractivity contribution in [1.29, 1.82) is 0 Å². The highest BCUT2D eigenvalue weighted by Crippen LogP contribution is 2.12. The Hall–Kier alpha value is -2.90. The lowest BCUT2D eigenvalue weighted by molar-refractivity contribution is -0.176. The summed E-state index contributed by atoms with van der Waals surface area (Å²) in [5, 5.41) is 3.16. The van der Waals surface area contributed by atoms with Crippen molar-refractivity contribution in [3.8, 4) is 0 Å². The lowest BCUT2D eigenvalue weighted by Gasteiger charge is -2.10. The second-order valence-electron chi connectivity index (χ2n) is 4.85. The van der Waals surface area contributed by atoms with Gasteiger partial charge in [0, 0.05) is 24.9 Å². The van der Waals surface area contributed by atoms with Gasteiger partial charge >= 0.3 is 6.16 Å². The Kier molecular flexibility index (Phi) is 7.41. The summed E-state index contributed by atoms with van der Waals surface area (Å²) in [6, 6.07) is 7.54. The topological polar surface area (TPSA) is 102 Å². The number of hydrogen-bond donors (Lipinski definition) is 1. The minimum absolute atomic E-state index is 0.00231. The van der Waals surface area contributed by atoms with Gasteiger partial charge in [-0.2, -0.15) is 0 Å². The number of aryl methyl sites for hydroxylation is 1. The van der Waals surface area contributed by atoms with Gasteiger partial charge in [-0.15, -0.1) is 0 Å². The molecule has 0 unspecified atom stereocenters. The molecule has 1 aromatic carbocycles. The third kappa shape index (κ3) is 5.71. The van der Waals surface area contributed by atoms with Gasteiger partial charge in [0.1, 0.15) is 0 Å². The summed E-state index contributed by atoms with van der Waals surface area (Å²) >= 11 is 0. The fourth-order valence-electron chi connectivity index (χ4n) is 1.74. The molecule has 2 rings (SSSR count). The molecule has 1 fully saturated rings. The molecule has 130 valence electrons. The molecule has 0 bridgehead atoms. The van der Waals surface area contributed by atoms with Gasteiger partial charge in [-0.05, 0) is 26.0 Å². The van der Waals surface area contributed by atoms with Gasteiger partial charge in [0.05, 0.1) is 7.11 Å². The van der Waals surface area contributed by atoms with Crippen molar-refractivity contribution in [2.24, 2.45) is 0 Å². The maximum atomic E-state index is 11.2. The van der Waals surface area contributed by atoms with Crippen molar-refractivity contribution in [2.45, 2.75) is 26.7 Å². The Bertz CT molecular complexity index is 595. The number of carbonyl (C=O) groups is 4. The lowest BCUT2D eigenvalue weighted by Crippen LogP contribution is -2.31.